The molecule has 0 saturated heterocycles. The van der Waals surface area contributed by atoms with Gasteiger partial charge in [0, 0.05) is 18.1 Å². The van der Waals surface area contributed by atoms with Crippen LogP contribution in [0, 0.1) is 13.8 Å². The van der Waals surface area contributed by atoms with Crippen LogP contribution < -0.4 is 10.6 Å². The number of hydrogen-bond donors (Lipinski definition) is 2. The van der Waals surface area contributed by atoms with Crippen LogP contribution in [0.4, 0.5) is 0 Å². The maximum Gasteiger partial charge on any atom is 0.252 e. The number of amides is 2. The van der Waals surface area contributed by atoms with Crippen LogP contribution in [0.15, 0.2) is 16.6 Å². The van der Waals surface area contributed by atoms with Crippen LogP contribution in [0.1, 0.15) is 21.5 Å². The molecule has 2 amide bonds. The number of aryl methyl sites for hydroxylation is 2. The minimum absolute atomic E-state index is 0.0536. The van der Waals surface area contributed by atoms with Crippen LogP contribution in [0.5, 0.6) is 0 Å². The second-order valence-electron chi connectivity index (χ2n) is 4.47. The smallest absolute Gasteiger partial charge is 0.252 e. The van der Waals surface area contributed by atoms with Crippen molar-refractivity contribution in [2.24, 2.45) is 0 Å². The molecule has 0 bridgehead atoms. The molecule has 0 heterocycles. The maximum atomic E-state index is 12.1. The van der Waals surface area contributed by atoms with Gasteiger partial charge in [-0.1, -0.05) is 6.07 Å². The molecule has 0 radical (unpaired) electrons. The number of rotatable bonds is 6. The molecule has 0 atom stereocenters. The summed E-state index contributed by atoms with van der Waals surface area (Å²) in [6.07, 6.45) is 0. The first kappa shape index (κ1) is 16.7. The van der Waals surface area contributed by atoms with Gasteiger partial charge < -0.3 is 15.4 Å². The van der Waals surface area contributed by atoms with Gasteiger partial charge in [-0.05, 0) is 47.0 Å². The molecule has 0 fully saturated rings. The Kier molecular flexibility index (Phi) is 6.67. The molecule has 110 valence electrons. The molecule has 1 aromatic rings. The Morgan fingerprint density at radius 1 is 1.25 bits per heavy atom. The zero-order chi connectivity index (χ0) is 15.1. The lowest BCUT2D eigenvalue weighted by molar-refractivity contribution is -0.120. The van der Waals surface area contributed by atoms with Gasteiger partial charge in [0.1, 0.15) is 0 Å². The number of nitrogens with one attached hydrogen (secondary N) is 2. The number of benzene rings is 1. The molecule has 1 rings (SSSR count). The summed E-state index contributed by atoms with van der Waals surface area (Å²) >= 11 is 3.40. The van der Waals surface area contributed by atoms with Crippen molar-refractivity contribution in [3.05, 3.63) is 33.3 Å². The summed E-state index contributed by atoms with van der Waals surface area (Å²) in [6.45, 7) is 4.67. The summed E-state index contributed by atoms with van der Waals surface area (Å²) in [5, 5.41) is 5.24. The fourth-order valence-electron chi connectivity index (χ4n) is 1.73. The van der Waals surface area contributed by atoms with E-state index in [9.17, 15) is 9.59 Å². The average molecular weight is 343 g/mol. The second kappa shape index (κ2) is 8.01. The molecular formula is C14H19BrN2O3. The summed E-state index contributed by atoms with van der Waals surface area (Å²) in [4.78, 5) is 23.5. The lowest BCUT2D eigenvalue weighted by Gasteiger charge is -2.10. The van der Waals surface area contributed by atoms with Crippen LogP contribution in [-0.4, -0.2) is 38.6 Å². The number of halogens is 1. The van der Waals surface area contributed by atoms with Gasteiger partial charge in [-0.3, -0.25) is 9.59 Å². The first-order valence-electron chi connectivity index (χ1n) is 6.26. The van der Waals surface area contributed by atoms with Crippen molar-refractivity contribution in [1.29, 1.82) is 0 Å². The summed E-state index contributed by atoms with van der Waals surface area (Å²) in [6, 6.07) is 3.77. The predicted molar refractivity (Wildman–Crippen MR) is 80.8 cm³/mol. The molecule has 0 spiro atoms. The molecule has 0 aliphatic carbocycles. The third-order valence-electron chi connectivity index (χ3n) is 2.68. The lowest BCUT2D eigenvalue weighted by Crippen LogP contribution is -2.38. The standard InChI is InChI=1S/C14H19BrN2O3/c1-9-6-10(2)13(15)11(7-9)14(19)17-8-12(18)16-4-5-20-3/h6-7H,4-5,8H2,1-3H3,(H,16,18)(H,17,19). The van der Waals surface area contributed by atoms with Crippen molar-refractivity contribution in [2.45, 2.75) is 13.8 Å². The van der Waals surface area contributed by atoms with Crippen molar-refractivity contribution in [3.8, 4) is 0 Å². The molecule has 0 saturated carbocycles. The van der Waals surface area contributed by atoms with Gasteiger partial charge in [0.2, 0.25) is 5.91 Å². The third-order valence-corrected chi connectivity index (χ3v) is 3.73. The number of hydrogen-bond acceptors (Lipinski definition) is 3. The van der Waals surface area contributed by atoms with Crippen LogP contribution in [0.25, 0.3) is 0 Å². The number of carbonyl (C=O) groups is 2. The molecule has 1 aromatic carbocycles. The van der Waals surface area contributed by atoms with E-state index < -0.39 is 0 Å². The van der Waals surface area contributed by atoms with E-state index in [4.69, 9.17) is 4.74 Å². The first-order valence-corrected chi connectivity index (χ1v) is 7.05. The van der Waals surface area contributed by atoms with E-state index in [0.29, 0.717) is 18.7 Å². The second-order valence-corrected chi connectivity index (χ2v) is 5.26. The fraction of sp³-hybridized carbons (Fsp3) is 0.429. The molecule has 2 N–H and O–H groups in total. The molecule has 0 aliphatic rings. The van der Waals surface area contributed by atoms with E-state index in [1.165, 1.54) is 0 Å². The largest absolute Gasteiger partial charge is 0.383 e. The Bertz CT molecular complexity index is 503. The lowest BCUT2D eigenvalue weighted by atomic mass is 10.1. The Morgan fingerprint density at radius 2 is 1.95 bits per heavy atom. The van der Waals surface area contributed by atoms with E-state index >= 15 is 0 Å². The monoisotopic (exact) mass is 342 g/mol. The normalized spacial score (nSPS) is 10.2. The predicted octanol–water partition coefficient (Wildman–Crippen LogP) is 1.56. The van der Waals surface area contributed by atoms with Gasteiger partial charge in [0.25, 0.3) is 5.91 Å². The molecule has 0 unspecified atom stereocenters. The Hall–Kier alpha value is -1.40. The Morgan fingerprint density at radius 3 is 2.60 bits per heavy atom. The van der Waals surface area contributed by atoms with Gasteiger partial charge in [-0.2, -0.15) is 0 Å². The maximum absolute atomic E-state index is 12.1. The van der Waals surface area contributed by atoms with E-state index in [1.807, 2.05) is 19.9 Å². The minimum Gasteiger partial charge on any atom is -0.383 e. The first-order chi connectivity index (χ1) is 9.45. The molecule has 0 aromatic heterocycles. The number of carbonyl (C=O) groups excluding carboxylic acids is 2. The highest BCUT2D eigenvalue weighted by atomic mass is 79.9. The number of methoxy groups -OCH3 is 1. The van der Waals surface area contributed by atoms with Crippen molar-refractivity contribution in [2.75, 3.05) is 26.8 Å². The molecule has 0 aliphatic heterocycles. The topological polar surface area (TPSA) is 67.4 Å². The van der Waals surface area contributed by atoms with Crippen molar-refractivity contribution >= 4 is 27.7 Å². The summed E-state index contributed by atoms with van der Waals surface area (Å²) in [7, 11) is 1.56. The van der Waals surface area contributed by atoms with Crippen LogP contribution in [-0.2, 0) is 9.53 Å². The van der Waals surface area contributed by atoms with Crippen molar-refractivity contribution < 1.29 is 14.3 Å². The van der Waals surface area contributed by atoms with Gasteiger partial charge in [-0.15, -0.1) is 0 Å². The highest BCUT2D eigenvalue weighted by Gasteiger charge is 2.13. The SMILES string of the molecule is COCCNC(=O)CNC(=O)c1cc(C)cc(C)c1Br. The zero-order valence-electron chi connectivity index (χ0n) is 11.9. The fourth-order valence-corrected chi connectivity index (χ4v) is 2.13. The average Bonchev–Trinajstić information content (AvgIpc) is 2.40. The van der Waals surface area contributed by atoms with E-state index in [2.05, 4.69) is 26.6 Å². The van der Waals surface area contributed by atoms with Gasteiger partial charge in [0.15, 0.2) is 0 Å². The van der Waals surface area contributed by atoms with E-state index in [-0.39, 0.29) is 18.4 Å². The summed E-state index contributed by atoms with van der Waals surface area (Å²) < 4.78 is 5.57. The van der Waals surface area contributed by atoms with Crippen molar-refractivity contribution in [1.82, 2.24) is 10.6 Å². The summed E-state index contributed by atoms with van der Waals surface area (Å²) in [5.74, 6) is -0.513. The highest BCUT2D eigenvalue weighted by Crippen LogP contribution is 2.22. The van der Waals surface area contributed by atoms with E-state index in [1.54, 1.807) is 13.2 Å². The quantitative estimate of drug-likeness (QED) is 0.771. The van der Waals surface area contributed by atoms with Crippen LogP contribution in [0.2, 0.25) is 0 Å². The molecule has 20 heavy (non-hydrogen) atoms. The van der Waals surface area contributed by atoms with E-state index in [0.717, 1.165) is 15.6 Å². The highest BCUT2D eigenvalue weighted by molar-refractivity contribution is 9.10. The van der Waals surface area contributed by atoms with Gasteiger partial charge in [0.05, 0.1) is 18.7 Å². The minimum atomic E-state index is -0.273. The summed E-state index contributed by atoms with van der Waals surface area (Å²) in [5.41, 5.74) is 2.52. The molecule has 5 nitrogen and oxygen atoms in total. The van der Waals surface area contributed by atoms with Gasteiger partial charge in [-0.25, -0.2) is 0 Å². The van der Waals surface area contributed by atoms with Crippen molar-refractivity contribution in [3.63, 3.8) is 0 Å². The van der Waals surface area contributed by atoms with Gasteiger partial charge >= 0.3 is 0 Å². The Balaban J connectivity index is 2.57. The third kappa shape index (κ3) is 4.94. The van der Waals surface area contributed by atoms with Crippen LogP contribution in [0.3, 0.4) is 0 Å². The van der Waals surface area contributed by atoms with Crippen LogP contribution >= 0.6 is 15.9 Å². The molecule has 6 heteroatoms. The molecular weight excluding hydrogens is 324 g/mol. The number of ether oxygens (including phenoxy) is 1. The Labute approximate surface area is 127 Å². The zero-order valence-corrected chi connectivity index (χ0v) is 13.5.